The summed E-state index contributed by atoms with van der Waals surface area (Å²) in [6, 6.07) is 17.0. The summed E-state index contributed by atoms with van der Waals surface area (Å²) in [5.41, 5.74) is 0.776. The number of benzene rings is 2. The van der Waals surface area contributed by atoms with Crippen molar-refractivity contribution in [2.45, 2.75) is 19.4 Å². The number of ether oxygens (including phenoxy) is 1. The first-order chi connectivity index (χ1) is 10.7. The van der Waals surface area contributed by atoms with Gasteiger partial charge in [-0.15, -0.1) is 0 Å². The average molecular weight is 296 g/mol. The molecule has 0 amide bonds. The minimum Gasteiger partial charge on any atom is -0.457 e. The molecule has 1 aromatic heterocycles. The number of hydrogen-bond donors (Lipinski definition) is 1. The zero-order valence-electron chi connectivity index (χ0n) is 12.1. The summed E-state index contributed by atoms with van der Waals surface area (Å²) >= 11 is 0. The van der Waals surface area contributed by atoms with Crippen LogP contribution in [0.25, 0.3) is 11.5 Å². The van der Waals surface area contributed by atoms with Crippen LogP contribution in [0.5, 0.6) is 11.5 Å². The van der Waals surface area contributed by atoms with Crippen molar-refractivity contribution in [3.8, 4) is 23.0 Å². The van der Waals surface area contributed by atoms with E-state index in [0.29, 0.717) is 23.9 Å². The van der Waals surface area contributed by atoms with Crippen LogP contribution < -0.4 is 4.74 Å². The van der Waals surface area contributed by atoms with E-state index in [9.17, 15) is 5.11 Å². The SMILES string of the molecule is CC(O)Cc1noc(-c2cccc(Oc3ccccc3)c2)n1. The Morgan fingerprint density at radius 1 is 1.09 bits per heavy atom. The minimum absolute atomic E-state index is 0.365. The highest BCUT2D eigenvalue weighted by atomic mass is 16.5. The lowest BCUT2D eigenvalue weighted by Crippen LogP contribution is -2.05. The molecule has 1 heterocycles. The van der Waals surface area contributed by atoms with Crippen LogP contribution in [0.2, 0.25) is 0 Å². The highest BCUT2D eigenvalue weighted by Gasteiger charge is 2.11. The van der Waals surface area contributed by atoms with Crippen molar-refractivity contribution in [1.29, 1.82) is 0 Å². The third-order valence-electron chi connectivity index (χ3n) is 3.01. The second kappa shape index (κ2) is 6.41. The molecule has 22 heavy (non-hydrogen) atoms. The van der Waals surface area contributed by atoms with Crippen molar-refractivity contribution in [1.82, 2.24) is 10.1 Å². The fourth-order valence-electron chi connectivity index (χ4n) is 2.04. The van der Waals surface area contributed by atoms with E-state index in [1.807, 2.05) is 54.6 Å². The number of aliphatic hydroxyl groups is 1. The number of aromatic nitrogens is 2. The summed E-state index contributed by atoms with van der Waals surface area (Å²) in [5.74, 6) is 2.35. The Morgan fingerprint density at radius 2 is 1.86 bits per heavy atom. The Morgan fingerprint density at radius 3 is 2.64 bits per heavy atom. The van der Waals surface area contributed by atoms with Crippen LogP contribution in [0, 0.1) is 0 Å². The molecule has 112 valence electrons. The van der Waals surface area contributed by atoms with Gasteiger partial charge in [-0.25, -0.2) is 0 Å². The zero-order valence-corrected chi connectivity index (χ0v) is 12.1. The molecule has 0 bridgehead atoms. The van der Waals surface area contributed by atoms with E-state index in [-0.39, 0.29) is 0 Å². The second-order valence-corrected chi connectivity index (χ2v) is 5.01. The molecule has 5 nitrogen and oxygen atoms in total. The van der Waals surface area contributed by atoms with Crippen LogP contribution in [0.15, 0.2) is 59.1 Å². The summed E-state index contributed by atoms with van der Waals surface area (Å²) in [6.45, 7) is 1.68. The Kier molecular flexibility index (Phi) is 4.16. The van der Waals surface area contributed by atoms with Gasteiger partial charge in [0.25, 0.3) is 5.89 Å². The molecule has 1 atom stereocenters. The molecule has 3 rings (SSSR count). The monoisotopic (exact) mass is 296 g/mol. The van der Waals surface area contributed by atoms with Crippen LogP contribution in [-0.4, -0.2) is 21.4 Å². The van der Waals surface area contributed by atoms with Crippen molar-refractivity contribution in [3.05, 3.63) is 60.4 Å². The number of aliphatic hydroxyl groups excluding tert-OH is 1. The molecule has 1 unspecified atom stereocenters. The fourth-order valence-corrected chi connectivity index (χ4v) is 2.04. The van der Waals surface area contributed by atoms with Gasteiger partial charge in [-0.3, -0.25) is 0 Å². The molecular weight excluding hydrogens is 280 g/mol. The summed E-state index contributed by atoms with van der Waals surface area (Å²) in [7, 11) is 0. The van der Waals surface area contributed by atoms with Gasteiger partial charge in [-0.05, 0) is 37.3 Å². The predicted molar refractivity (Wildman–Crippen MR) is 81.6 cm³/mol. The molecule has 3 aromatic rings. The van der Waals surface area contributed by atoms with Gasteiger partial charge in [0.05, 0.1) is 6.10 Å². The number of rotatable bonds is 5. The van der Waals surface area contributed by atoms with Crippen molar-refractivity contribution < 1.29 is 14.4 Å². The maximum absolute atomic E-state index is 9.35. The Hall–Kier alpha value is -2.66. The van der Waals surface area contributed by atoms with Crippen molar-refractivity contribution in [2.24, 2.45) is 0 Å². The molecule has 5 heteroatoms. The van der Waals surface area contributed by atoms with Gasteiger partial charge in [0, 0.05) is 12.0 Å². The van der Waals surface area contributed by atoms with Crippen molar-refractivity contribution in [2.75, 3.05) is 0 Å². The van der Waals surface area contributed by atoms with Crippen LogP contribution in [-0.2, 0) is 6.42 Å². The van der Waals surface area contributed by atoms with Crippen LogP contribution >= 0.6 is 0 Å². The second-order valence-electron chi connectivity index (χ2n) is 5.01. The lowest BCUT2D eigenvalue weighted by Gasteiger charge is -2.05. The highest BCUT2D eigenvalue weighted by molar-refractivity contribution is 5.56. The number of para-hydroxylation sites is 1. The Labute approximate surface area is 128 Å². The lowest BCUT2D eigenvalue weighted by molar-refractivity contribution is 0.191. The first-order valence-electron chi connectivity index (χ1n) is 7.05. The molecule has 0 fully saturated rings. The van der Waals surface area contributed by atoms with Gasteiger partial charge in [0.2, 0.25) is 0 Å². The van der Waals surface area contributed by atoms with E-state index in [2.05, 4.69) is 10.1 Å². The van der Waals surface area contributed by atoms with E-state index in [0.717, 1.165) is 11.3 Å². The molecule has 0 aliphatic carbocycles. The average Bonchev–Trinajstić information content (AvgIpc) is 2.96. The first-order valence-corrected chi connectivity index (χ1v) is 7.05. The fraction of sp³-hybridized carbons (Fsp3) is 0.176. The number of hydrogen-bond acceptors (Lipinski definition) is 5. The largest absolute Gasteiger partial charge is 0.457 e. The molecule has 0 saturated carbocycles. The van der Waals surface area contributed by atoms with Crippen LogP contribution in [0.1, 0.15) is 12.7 Å². The molecular formula is C17H16N2O3. The smallest absolute Gasteiger partial charge is 0.258 e. The van der Waals surface area contributed by atoms with E-state index in [1.165, 1.54) is 0 Å². The van der Waals surface area contributed by atoms with E-state index >= 15 is 0 Å². The zero-order chi connectivity index (χ0) is 15.4. The minimum atomic E-state index is -0.502. The maximum Gasteiger partial charge on any atom is 0.258 e. The van der Waals surface area contributed by atoms with Crippen LogP contribution in [0.4, 0.5) is 0 Å². The topological polar surface area (TPSA) is 68.4 Å². The normalized spacial score (nSPS) is 12.1. The summed E-state index contributed by atoms with van der Waals surface area (Å²) in [4.78, 5) is 4.28. The Bertz CT molecular complexity index is 738. The van der Waals surface area contributed by atoms with Crippen molar-refractivity contribution >= 4 is 0 Å². The van der Waals surface area contributed by atoms with Gasteiger partial charge in [-0.1, -0.05) is 29.4 Å². The van der Waals surface area contributed by atoms with E-state index < -0.39 is 6.10 Å². The third-order valence-corrected chi connectivity index (χ3v) is 3.01. The molecule has 0 aliphatic rings. The maximum atomic E-state index is 9.35. The van der Waals surface area contributed by atoms with Crippen molar-refractivity contribution in [3.63, 3.8) is 0 Å². The molecule has 0 radical (unpaired) electrons. The standard InChI is InChI=1S/C17H16N2O3/c1-12(20)10-16-18-17(22-19-16)13-6-5-9-15(11-13)21-14-7-3-2-4-8-14/h2-9,11-12,20H,10H2,1H3. The highest BCUT2D eigenvalue weighted by Crippen LogP contribution is 2.26. The predicted octanol–water partition coefficient (Wildman–Crippen LogP) is 3.45. The van der Waals surface area contributed by atoms with Gasteiger partial charge in [-0.2, -0.15) is 4.98 Å². The van der Waals surface area contributed by atoms with Gasteiger partial charge < -0.3 is 14.4 Å². The molecule has 0 saturated heterocycles. The van der Waals surface area contributed by atoms with Crippen LogP contribution in [0.3, 0.4) is 0 Å². The molecule has 1 N–H and O–H groups in total. The van der Waals surface area contributed by atoms with Gasteiger partial charge >= 0.3 is 0 Å². The summed E-state index contributed by atoms with van der Waals surface area (Å²) < 4.78 is 11.0. The Balaban J connectivity index is 1.80. The lowest BCUT2D eigenvalue weighted by atomic mass is 10.2. The summed E-state index contributed by atoms with van der Waals surface area (Å²) in [6.07, 6.45) is -0.137. The third kappa shape index (κ3) is 3.51. The van der Waals surface area contributed by atoms with Gasteiger partial charge in [0.15, 0.2) is 5.82 Å². The van der Waals surface area contributed by atoms with E-state index in [4.69, 9.17) is 9.26 Å². The van der Waals surface area contributed by atoms with Gasteiger partial charge in [0.1, 0.15) is 11.5 Å². The quantitative estimate of drug-likeness (QED) is 0.781. The number of nitrogens with zero attached hydrogens (tertiary/aromatic N) is 2. The van der Waals surface area contributed by atoms with E-state index in [1.54, 1.807) is 6.92 Å². The first kappa shape index (κ1) is 14.3. The summed E-state index contributed by atoms with van der Waals surface area (Å²) in [5, 5.41) is 13.2. The molecule has 2 aromatic carbocycles. The molecule has 0 aliphatic heterocycles. The molecule has 0 spiro atoms.